The molecule has 2 heterocycles. The number of nitrogens with one attached hydrogen (secondary N) is 1. The Morgan fingerprint density at radius 3 is 2.03 bits per heavy atom. The van der Waals surface area contributed by atoms with Gasteiger partial charge in [0, 0.05) is 29.4 Å². The molecule has 0 spiro atoms. The fourth-order valence-electron chi connectivity index (χ4n) is 2.00. The Hall–Kier alpha value is -2.22. The molecule has 0 aliphatic carbocycles. The third-order valence-electron chi connectivity index (χ3n) is 3.23. The Kier molecular flexibility index (Phi) is 1.77. The minimum Gasteiger partial charge on any atom is -0.487 e. The van der Waals surface area contributed by atoms with E-state index in [1.165, 1.54) is 0 Å². The molecule has 29 heavy (non-hydrogen) atoms. The maximum absolute atomic E-state index is 14.6. The lowest BCUT2D eigenvalue weighted by Crippen LogP contribution is -2.46. The van der Waals surface area contributed by atoms with Gasteiger partial charge in [-0.1, -0.05) is 0 Å². The second kappa shape index (κ2) is 8.65. The molecule has 0 unspecified atom stereocenters. The Morgan fingerprint density at radius 1 is 1.10 bits per heavy atom. The number of aliphatic hydroxyl groups is 2. The molecule has 3 N–H and O–H groups in total. The second-order valence-electron chi connectivity index (χ2n) is 5.14. The van der Waals surface area contributed by atoms with Gasteiger partial charge in [-0.2, -0.15) is 0 Å². The van der Waals surface area contributed by atoms with Crippen molar-refractivity contribution in [3.63, 3.8) is 0 Å². The summed E-state index contributed by atoms with van der Waals surface area (Å²) in [5.74, 6) is -6.82. The molecule has 5 nitrogen and oxygen atoms in total. The molecule has 0 fully saturated rings. The summed E-state index contributed by atoms with van der Waals surface area (Å²) in [6.45, 7) is -9.63. The largest absolute Gasteiger partial charge is 0.487 e. The zero-order valence-electron chi connectivity index (χ0n) is 38.8. The van der Waals surface area contributed by atoms with E-state index in [1.807, 2.05) is 0 Å². The molecule has 0 aromatic heterocycles. The van der Waals surface area contributed by atoms with Crippen molar-refractivity contribution < 1.29 is 60.0 Å². The number of rotatable bonds is 8. The van der Waals surface area contributed by atoms with Gasteiger partial charge < -0.3 is 25.0 Å². The molecule has 4 atom stereocenters. The first-order valence-corrected chi connectivity index (χ1v) is 7.55. The van der Waals surface area contributed by atoms with Gasteiger partial charge in [0.05, 0.1) is 13.7 Å². The van der Waals surface area contributed by atoms with Crippen LogP contribution in [0.1, 0.15) is 54.0 Å². The van der Waals surface area contributed by atoms with Crippen molar-refractivity contribution in [2.75, 3.05) is 13.0 Å². The molecule has 2 aliphatic rings. The van der Waals surface area contributed by atoms with Crippen molar-refractivity contribution in [2.45, 2.75) is 49.8 Å². The van der Waals surface area contributed by atoms with Gasteiger partial charge in [0.1, 0.15) is 48.9 Å². The summed E-state index contributed by atoms with van der Waals surface area (Å²) >= 11 is 0. The summed E-state index contributed by atoms with van der Waals surface area (Å²) in [4.78, 5) is 0. The molecule has 2 aromatic carbocycles. The Bertz CT molecular complexity index is 1790. The van der Waals surface area contributed by atoms with Crippen LogP contribution in [-0.2, 0) is 12.7 Å². The average molecular weight is 431 g/mol. The van der Waals surface area contributed by atoms with E-state index in [-0.39, 0.29) is 0 Å². The maximum atomic E-state index is 14.6. The Labute approximate surface area is 203 Å². The molecule has 0 amide bonds. The van der Waals surface area contributed by atoms with Crippen molar-refractivity contribution in [1.82, 2.24) is 5.31 Å². The molecule has 2 aromatic rings. The molecule has 156 valence electrons. The van der Waals surface area contributed by atoms with Crippen molar-refractivity contribution in [1.29, 1.82) is 2.86 Å². The van der Waals surface area contributed by atoms with Crippen molar-refractivity contribution in [2.24, 2.45) is 0 Å². The van der Waals surface area contributed by atoms with Crippen LogP contribution in [0.4, 0.5) is 8.78 Å². The summed E-state index contributed by atoms with van der Waals surface area (Å²) in [5.41, 5.74) is -2.95. The molecule has 0 bridgehead atoms. The average Bonchev–Trinajstić information content (AvgIpc) is 3.07. The molecule has 0 saturated carbocycles. The maximum Gasteiger partial charge on any atom is 0.211 e. The first kappa shape index (κ1) is 5.93. The summed E-state index contributed by atoms with van der Waals surface area (Å²) in [6.07, 6.45) is -35.4. The van der Waals surface area contributed by atoms with Gasteiger partial charge in [0.15, 0.2) is 0 Å². The SMILES string of the molecule is [2H]O[C@]([2H])(C([2H])([2H])N([2H])C([2H])([2H])[C@@]([2H])(O[2H])[C@]1([2H])Oc2c([2H])c([2H])c(F)c([2H])c2C([2H])([2H])C1([2H])[2H])[C@@]1([2H])Oc2c([2H])c([2H])c(F)c([2H])c2C([2H])([2H])C1([2H])[2H]. The van der Waals surface area contributed by atoms with E-state index >= 15 is 0 Å². The van der Waals surface area contributed by atoms with E-state index < -0.39 is 139 Å². The Morgan fingerprint density at radius 2 is 1.59 bits per heavy atom. The summed E-state index contributed by atoms with van der Waals surface area (Å²) < 4.78 is 247. The van der Waals surface area contributed by atoms with Gasteiger partial charge in [0.2, 0.25) is 2.86 Å². The number of benzene rings is 2. The van der Waals surface area contributed by atoms with Crippen LogP contribution >= 0.6 is 0 Å². The molecule has 7 heteroatoms. The van der Waals surface area contributed by atoms with Gasteiger partial charge in [-0.25, -0.2) is 8.78 Å². The molecular formula is C22H25F2NO4. The van der Waals surface area contributed by atoms with Crippen LogP contribution in [0.5, 0.6) is 11.5 Å². The molecule has 0 saturated heterocycles. The fourth-order valence-corrected chi connectivity index (χ4v) is 2.00. The predicted octanol–water partition coefficient (Wildman–Crippen LogP) is 2.36. The second-order valence-corrected chi connectivity index (χ2v) is 5.14. The van der Waals surface area contributed by atoms with E-state index in [1.54, 1.807) is 0 Å². The van der Waals surface area contributed by atoms with Crippen LogP contribution in [0, 0.1) is 11.6 Å². The number of fused-ring (bicyclic) bond motifs is 2. The lowest BCUT2D eigenvalue weighted by atomic mass is 9.98. The van der Waals surface area contributed by atoms with Crippen LogP contribution in [0.15, 0.2) is 36.3 Å². The van der Waals surface area contributed by atoms with Crippen LogP contribution in [-0.4, -0.2) is 50.4 Å². The first-order valence-electron chi connectivity index (χ1n) is 19.8. The van der Waals surface area contributed by atoms with Crippen LogP contribution in [0.25, 0.3) is 0 Å². The summed E-state index contributed by atoms with van der Waals surface area (Å²) in [6, 6.07) is -9.20. The molecule has 2 aliphatic heterocycles. The zero-order valence-corrected chi connectivity index (χ0v) is 13.8. The third-order valence-corrected chi connectivity index (χ3v) is 3.23. The van der Waals surface area contributed by atoms with E-state index in [9.17, 15) is 8.78 Å². The molecule has 0 radical (unpaired) electrons. The number of halogens is 2. The lowest BCUT2D eigenvalue weighted by Gasteiger charge is -2.31. The van der Waals surface area contributed by atoms with Crippen LogP contribution in [0.2, 0.25) is 1.41 Å². The van der Waals surface area contributed by atoms with E-state index in [0.29, 0.717) is 0 Å². The zero-order chi connectivity index (χ0) is 42.3. The standard InChI is InChI=1S/C22H25F2NO4/c23-15-3-7-19-13(9-15)1-5-21(28-19)17(26)11-25-12-18(27)22-6-2-14-10-16(24)4-8-20(14)29-22/h3-4,7-10,17-18,21-22,25-27H,1-2,5-6,11-12H2/t17-,18-,21-,22+/m1/s1/i1D2,2D2,3D,4D,5D2,6D2,7D,8D,9D,10D,11D2,12D2,17D,18D,21D,22D,26D,27D/hD. The van der Waals surface area contributed by atoms with Gasteiger partial charge in [-0.3, -0.25) is 0 Å². The summed E-state index contributed by atoms with van der Waals surface area (Å²) in [5, 5.41) is 6.67. The minimum absolute atomic E-state index is 1.37. The minimum atomic E-state index is -4.82. The summed E-state index contributed by atoms with van der Waals surface area (Å²) in [7, 11) is 0. The first-order chi connectivity index (χ1) is 24.0. The van der Waals surface area contributed by atoms with Crippen LogP contribution < -0.4 is 14.8 Å². The molecular weight excluding hydrogens is 380 g/mol. The van der Waals surface area contributed by atoms with Crippen molar-refractivity contribution in [3.8, 4) is 11.5 Å². The normalized spacial score (nSPS) is 50.4. The Balaban J connectivity index is 2.00. The highest BCUT2D eigenvalue weighted by Crippen LogP contribution is 2.30. The van der Waals surface area contributed by atoms with E-state index in [4.69, 9.17) is 43.9 Å². The number of ether oxygens (including phenoxy) is 2. The van der Waals surface area contributed by atoms with E-state index in [2.05, 4.69) is 10.2 Å². The number of hydrogen-bond donors (Lipinski definition) is 3. The van der Waals surface area contributed by atoms with Gasteiger partial charge in [-0.05, 0) is 72.9 Å². The smallest absolute Gasteiger partial charge is 0.211 e. The van der Waals surface area contributed by atoms with E-state index in [0.717, 1.165) is 0 Å². The van der Waals surface area contributed by atoms with Crippen molar-refractivity contribution in [3.05, 3.63) is 59.0 Å². The van der Waals surface area contributed by atoms with Gasteiger partial charge in [-0.15, -0.1) is 0 Å². The topological polar surface area (TPSA) is 71.0 Å². The highest BCUT2D eigenvalue weighted by molar-refractivity contribution is 5.36. The monoisotopic (exact) mass is 430 g/mol. The van der Waals surface area contributed by atoms with Crippen LogP contribution in [0.3, 0.4) is 0 Å². The highest BCUT2D eigenvalue weighted by Gasteiger charge is 2.29. The lowest BCUT2D eigenvalue weighted by molar-refractivity contribution is 0.00892. The fraction of sp³-hybridized carbons (Fsp3) is 0.455. The predicted molar refractivity (Wildman–Crippen MR) is 103 cm³/mol. The van der Waals surface area contributed by atoms with Gasteiger partial charge >= 0.3 is 0 Å². The van der Waals surface area contributed by atoms with Crippen molar-refractivity contribution >= 4 is 0 Å². The quantitative estimate of drug-likeness (QED) is 0.600. The number of hydrogen-bond acceptors (Lipinski definition) is 5. The highest BCUT2D eigenvalue weighted by atomic mass is 19.1. The van der Waals surface area contributed by atoms with Gasteiger partial charge in [0.25, 0.3) is 0 Å². The molecule has 4 rings (SSSR count). The third kappa shape index (κ3) is 4.69.